The molecule has 1 aliphatic carbocycles. The number of allylic oxidation sites excluding steroid dienone is 1. The highest BCUT2D eigenvalue weighted by Crippen LogP contribution is 1.84. The Hall–Kier alpha value is -1.14. The SMILES string of the molecule is C=C1C#CC#C1. The van der Waals surface area contributed by atoms with Crippen molar-refractivity contribution in [2.75, 3.05) is 0 Å². The Kier molecular flexibility index (Phi) is 0.470. The van der Waals surface area contributed by atoms with E-state index < -0.39 is 0 Å². The summed E-state index contributed by atoms with van der Waals surface area (Å²) in [4.78, 5) is 0. The summed E-state index contributed by atoms with van der Waals surface area (Å²) in [6, 6.07) is 0. The third-order valence-corrected chi connectivity index (χ3v) is 0.489. The fraction of sp³-hybridized carbons (Fsp3) is 0. The van der Waals surface area contributed by atoms with Gasteiger partial charge in [-0.15, -0.1) is 0 Å². The zero-order chi connectivity index (χ0) is 4.41. The Balaban J connectivity index is 3.13. The predicted molar refractivity (Wildman–Crippen MR) is 24.7 cm³/mol. The van der Waals surface area contributed by atoms with Gasteiger partial charge in [-0.05, 0) is 23.7 Å². The maximum absolute atomic E-state index is 3.51. The van der Waals surface area contributed by atoms with Crippen LogP contribution in [0, 0.1) is 23.7 Å². The Morgan fingerprint density at radius 3 is 1.83 bits per heavy atom. The van der Waals surface area contributed by atoms with Crippen LogP contribution in [-0.4, -0.2) is 0 Å². The quantitative estimate of drug-likeness (QED) is 0.368. The summed E-state index contributed by atoms with van der Waals surface area (Å²) < 4.78 is 0. The van der Waals surface area contributed by atoms with Gasteiger partial charge in [0.25, 0.3) is 0 Å². The van der Waals surface area contributed by atoms with E-state index in [-0.39, 0.29) is 0 Å². The van der Waals surface area contributed by atoms with Crippen molar-refractivity contribution in [3.05, 3.63) is 12.2 Å². The van der Waals surface area contributed by atoms with E-state index in [1.165, 1.54) is 0 Å². The minimum Gasteiger partial charge on any atom is -0.0746 e. The molecule has 1 aliphatic rings. The van der Waals surface area contributed by atoms with Gasteiger partial charge in [0.2, 0.25) is 0 Å². The summed E-state index contributed by atoms with van der Waals surface area (Å²) in [5.41, 5.74) is 0.731. The second-order valence-corrected chi connectivity index (χ2v) is 0.979. The molecule has 0 bridgehead atoms. The third-order valence-electron chi connectivity index (χ3n) is 0.489. The molecule has 0 heterocycles. The lowest BCUT2D eigenvalue weighted by molar-refractivity contribution is 2.03. The molecule has 0 saturated heterocycles. The van der Waals surface area contributed by atoms with Crippen LogP contribution in [0.5, 0.6) is 0 Å². The van der Waals surface area contributed by atoms with Crippen molar-refractivity contribution in [3.8, 4) is 23.7 Å². The Labute approximate surface area is 36.9 Å². The van der Waals surface area contributed by atoms with Crippen molar-refractivity contribution >= 4 is 0 Å². The molecule has 0 aromatic rings. The van der Waals surface area contributed by atoms with Gasteiger partial charge in [0.05, 0.1) is 5.57 Å². The van der Waals surface area contributed by atoms with Crippen LogP contribution in [0.3, 0.4) is 0 Å². The van der Waals surface area contributed by atoms with E-state index in [1.807, 2.05) is 0 Å². The van der Waals surface area contributed by atoms with Gasteiger partial charge < -0.3 is 0 Å². The summed E-state index contributed by atoms with van der Waals surface area (Å²) in [7, 11) is 0. The van der Waals surface area contributed by atoms with Gasteiger partial charge in [-0.3, -0.25) is 0 Å². The van der Waals surface area contributed by atoms with Crippen LogP contribution in [0.2, 0.25) is 0 Å². The van der Waals surface area contributed by atoms with Gasteiger partial charge in [0, 0.05) is 0 Å². The lowest BCUT2D eigenvalue weighted by atomic mass is 10.4. The first-order valence-corrected chi connectivity index (χ1v) is 1.60. The molecule has 0 radical (unpaired) electrons. The van der Waals surface area contributed by atoms with Crippen molar-refractivity contribution in [3.63, 3.8) is 0 Å². The van der Waals surface area contributed by atoms with E-state index in [4.69, 9.17) is 0 Å². The molecule has 0 spiro atoms. The topological polar surface area (TPSA) is 0 Å². The van der Waals surface area contributed by atoms with E-state index >= 15 is 0 Å². The second-order valence-electron chi connectivity index (χ2n) is 0.979. The summed E-state index contributed by atoms with van der Waals surface area (Å²) in [6.07, 6.45) is 0. The van der Waals surface area contributed by atoms with Crippen molar-refractivity contribution in [1.82, 2.24) is 0 Å². The fourth-order valence-electron chi connectivity index (χ4n) is 0.245. The number of rotatable bonds is 0. The zero-order valence-corrected chi connectivity index (χ0v) is 3.21. The molecule has 0 fully saturated rings. The van der Waals surface area contributed by atoms with Crippen molar-refractivity contribution in [1.29, 1.82) is 0 Å². The standard InChI is InChI=1S/C6H2/c1-6-4-2-3-5-6/h1H2. The molecule has 1 rings (SSSR count). The number of hydrogen-bond donors (Lipinski definition) is 0. The minimum atomic E-state index is 0.731. The molecule has 0 aliphatic heterocycles. The molecule has 0 unspecified atom stereocenters. The first-order valence-electron chi connectivity index (χ1n) is 1.60. The average molecular weight is 74.1 g/mol. The third kappa shape index (κ3) is 0.288. The summed E-state index contributed by atoms with van der Waals surface area (Å²) in [5, 5.41) is 0. The largest absolute Gasteiger partial charge is 0.0746 e. The van der Waals surface area contributed by atoms with Gasteiger partial charge in [0.15, 0.2) is 0 Å². The van der Waals surface area contributed by atoms with Crippen LogP contribution in [0.15, 0.2) is 12.2 Å². The number of hydrogen-bond acceptors (Lipinski definition) is 0. The van der Waals surface area contributed by atoms with Crippen LogP contribution >= 0.6 is 0 Å². The van der Waals surface area contributed by atoms with Crippen LogP contribution in [0.25, 0.3) is 0 Å². The lowest BCUT2D eigenvalue weighted by Gasteiger charge is -1.63. The van der Waals surface area contributed by atoms with Crippen LogP contribution in [-0.2, 0) is 0 Å². The fourth-order valence-corrected chi connectivity index (χ4v) is 0.245. The first kappa shape index (κ1) is 3.07. The monoisotopic (exact) mass is 74.0 g/mol. The lowest BCUT2D eigenvalue weighted by Crippen LogP contribution is -1.55. The van der Waals surface area contributed by atoms with Gasteiger partial charge >= 0.3 is 0 Å². The smallest absolute Gasteiger partial charge is 0.0692 e. The van der Waals surface area contributed by atoms with E-state index in [0.717, 1.165) is 5.57 Å². The van der Waals surface area contributed by atoms with E-state index in [1.54, 1.807) is 0 Å². The maximum Gasteiger partial charge on any atom is 0.0692 e. The van der Waals surface area contributed by atoms with Gasteiger partial charge in [-0.1, -0.05) is 6.58 Å². The second kappa shape index (κ2) is 0.919. The minimum absolute atomic E-state index is 0.731. The molecule has 26 valence electrons. The molecule has 0 amide bonds. The van der Waals surface area contributed by atoms with Crippen molar-refractivity contribution in [2.45, 2.75) is 0 Å². The van der Waals surface area contributed by atoms with E-state index in [2.05, 4.69) is 30.3 Å². The van der Waals surface area contributed by atoms with E-state index in [0.29, 0.717) is 0 Å². The Morgan fingerprint density at radius 2 is 1.67 bits per heavy atom. The summed E-state index contributed by atoms with van der Waals surface area (Å²) >= 11 is 0. The Morgan fingerprint density at radius 1 is 1.17 bits per heavy atom. The molecule has 0 saturated carbocycles. The van der Waals surface area contributed by atoms with E-state index in [9.17, 15) is 0 Å². The molecular formula is C6H2. The first-order chi connectivity index (χ1) is 2.89. The summed E-state index contributed by atoms with van der Waals surface area (Å²) in [5.74, 6) is 10.4. The molecule has 0 N–H and O–H groups in total. The average Bonchev–Trinajstić information content (AvgIpc) is 1.86. The maximum atomic E-state index is 3.51. The molecular weight excluding hydrogens is 72.1 g/mol. The molecule has 6 heavy (non-hydrogen) atoms. The van der Waals surface area contributed by atoms with Crippen molar-refractivity contribution in [2.24, 2.45) is 0 Å². The highest BCUT2D eigenvalue weighted by Gasteiger charge is 1.78. The molecule has 0 aromatic heterocycles. The Bertz CT molecular complexity index is 166. The molecule has 0 atom stereocenters. The van der Waals surface area contributed by atoms with Crippen LogP contribution in [0.4, 0.5) is 0 Å². The summed E-state index contributed by atoms with van der Waals surface area (Å²) in [6.45, 7) is 3.51. The molecule has 0 aromatic carbocycles. The van der Waals surface area contributed by atoms with Gasteiger partial charge in [-0.2, -0.15) is 0 Å². The van der Waals surface area contributed by atoms with Gasteiger partial charge in [0.1, 0.15) is 0 Å². The normalized spacial score (nSPS) is 11.7. The predicted octanol–water partition coefficient (Wildman–Crippen LogP) is 0.563. The van der Waals surface area contributed by atoms with Gasteiger partial charge in [-0.25, -0.2) is 0 Å². The zero-order valence-electron chi connectivity index (χ0n) is 3.21. The highest BCUT2D eigenvalue weighted by molar-refractivity contribution is 5.54. The van der Waals surface area contributed by atoms with Crippen LogP contribution < -0.4 is 0 Å². The van der Waals surface area contributed by atoms with Crippen molar-refractivity contribution < 1.29 is 0 Å². The van der Waals surface area contributed by atoms with Crippen LogP contribution in [0.1, 0.15) is 0 Å². The molecule has 0 nitrogen and oxygen atoms in total. The molecule has 0 heteroatoms. The highest BCUT2D eigenvalue weighted by atomic mass is 13.8.